The summed E-state index contributed by atoms with van der Waals surface area (Å²) >= 11 is -0.215. The molecule has 0 N–H and O–H groups in total. The maximum atomic E-state index is 11.9. The van der Waals surface area contributed by atoms with Crippen LogP contribution in [-0.4, -0.2) is 62.0 Å². The van der Waals surface area contributed by atoms with Crippen LogP contribution in [0.25, 0.3) is 0 Å². The Labute approximate surface area is 107 Å². The molecule has 18 heavy (non-hydrogen) atoms. The monoisotopic (exact) mass is 289 g/mol. The Morgan fingerprint density at radius 2 is 1.56 bits per heavy atom. The molecule has 0 aliphatic rings. The normalized spacial score (nSPS) is 11.4. The average Bonchev–Trinajstić information content (AvgIpc) is 2.26. The molecule has 5 nitrogen and oxygen atoms in total. The Balaban J connectivity index is 4.20. The third-order valence-electron chi connectivity index (χ3n) is 1.83. The summed E-state index contributed by atoms with van der Waals surface area (Å²) in [6.07, 6.45) is 0. The van der Waals surface area contributed by atoms with Crippen molar-refractivity contribution in [1.29, 1.82) is 0 Å². The second kappa shape index (κ2) is 8.20. The Morgan fingerprint density at radius 1 is 1.11 bits per heavy atom. The summed E-state index contributed by atoms with van der Waals surface area (Å²) in [6.45, 7) is -0.595. The van der Waals surface area contributed by atoms with Crippen LogP contribution >= 0.6 is 11.8 Å². The molecule has 0 amide bonds. The standard InChI is InChI=1S/C9H14F3NO4S/c1-16-7(14)5-13(6-8(15)17-2)3-4-18-9(10,11)12/h3-6H2,1-2H3. The highest BCUT2D eigenvalue weighted by molar-refractivity contribution is 8.00. The van der Waals surface area contributed by atoms with Gasteiger partial charge in [-0.25, -0.2) is 0 Å². The van der Waals surface area contributed by atoms with E-state index in [9.17, 15) is 22.8 Å². The summed E-state index contributed by atoms with van der Waals surface area (Å²) in [4.78, 5) is 23.2. The smallest absolute Gasteiger partial charge is 0.441 e. The summed E-state index contributed by atoms with van der Waals surface area (Å²) < 4.78 is 44.5. The Hall–Kier alpha value is -0.960. The van der Waals surface area contributed by atoms with Crippen LogP contribution < -0.4 is 0 Å². The van der Waals surface area contributed by atoms with E-state index in [-0.39, 0.29) is 37.1 Å². The van der Waals surface area contributed by atoms with Crippen molar-refractivity contribution in [3.05, 3.63) is 0 Å². The molecule has 0 fully saturated rings. The molecule has 0 aromatic carbocycles. The lowest BCUT2D eigenvalue weighted by atomic mass is 10.4. The first kappa shape index (κ1) is 17.0. The minimum atomic E-state index is -4.33. The number of ether oxygens (including phenoxy) is 2. The largest absolute Gasteiger partial charge is 0.468 e. The van der Waals surface area contributed by atoms with E-state index in [0.717, 1.165) is 14.2 Å². The quantitative estimate of drug-likeness (QED) is 0.649. The number of halogens is 3. The molecule has 0 saturated carbocycles. The van der Waals surface area contributed by atoms with Gasteiger partial charge in [-0.1, -0.05) is 0 Å². The van der Waals surface area contributed by atoms with Crippen LogP contribution in [0.3, 0.4) is 0 Å². The predicted octanol–water partition coefficient (Wildman–Crippen LogP) is 0.887. The highest BCUT2D eigenvalue weighted by Gasteiger charge is 2.28. The summed E-state index contributed by atoms with van der Waals surface area (Å²) in [7, 11) is 2.31. The molecule has 0 rings (SSSR count). The summed E-state index contributed by atoms with van der Waals surface area (Å²) in [5.41, 5.74) is -4.33. The first-order chi connectivity index (χ1) is 8.28. The van der Waals surface area contributed by atoms with Crippen LogP contribution in [0.5, 0.6) is 0 Å². The molecule has 9 heteroatoms. The number of hydrogen-bond acceptors (Lipinski definition) is 6. The zero-order chi connectivity index (χ0) is 14.2. The van der Waals surface area contributed by atoms with Gasteiger partial charge in [-0.3, -0.25) is 14.5 Å². The van der Waals surface area contributed by atoms with E-state index in [1.807, 2.05) is 0 Å². The maximum Gasteiger partial charge on any atom is 0.441 e. The van der Waals surface area contributed by atoms with Gasteiger partial charge in [0.25, 0.3) is 0 Å². The molecule has 0 aromatic heterocycles. The van der Waals surface area contributed by atoms with Crippen molar-refractivity contribution < 1.29 is 32.2 Å². The SMILES string of the molecule is COC(=O)CN(CCSC(F)(F)F)CC(=O)OC. The van der Waals surface area contributed by atoms with Crippen LogP contribution in [-0.2, 0) is 19.1 Å². The van der Waals surface area contributed by atoms with Gasteiger partial charge in [-0.15, -0.1) is 0 Å². The molecule has 0 heterocycles. The molecule has 0 atom stereocenters. The highest BCUT2D eigenvalue weighted by Crippen LogP contribution is 2.29. The number of hydrogen-bond donors (Lipinski definition) is 0. The molecule has 0 radical (unpaired) electrons. The topological polar surface area (TPSA) is 55.8 Å². The van der Waals surface area contributed by atoms with Crippen LogP contribution in [0.1, 0.15) is 0 Å². The minimum Gasteiger partial charge on any atom is -0.468 e. The molecular formula is C9H14F3NO4S. The fourth-order valence-electron chi connectivity index (χ4n) is 0.999. The average molecular weight is 289 g/mol. The molecule has 0 aliphatic carbocycles. The lowest BCUT2D eigenvalue weighted by Crippen LogP contribution is -2.37. The number of thioether (sulfide) groups is 1. The van der Waals surface area contributed by atoms with Crippen LogP contribution in [0, 0.1) is 0 Å². The van der Waals surface area contributed by atoms with E-state index in [4.69, 9.17) is 0 Å². The Kier molecular flexibility index (Phi) is 7.76. The Morgan fingerprint density at radius 3 is 1.89 bits per heavy atom. The van der Waals surface area contributed by atoms with Crippen molar-refractivity contribution in [3.63, 3.8) is 0 Å². The van der Waals surface area contributed by atoms with Gasteiger partial charge in [0.05, 0.1) is 27.3 Å². The van der Waals surface area contributed by atoms with E-state index in [2.05, 4.69) is 9.47 Å². The van der Waals surface area contributed by atoms with Gasteiger partial charge in [0.1, 0.15) is 0 Å². The Bertz CT molecular complexity index is 267. The number of nitrogens with zero attached hydrogens (tertiary/aromatic N) is 1. The van der Waals surface area contributed by atoms with Gasteiger partial charge in [0.2, 0.25) is 0 Å². The fourth-order valence-corrected chi connectivity index (χ4v) is 1.58. The molecular weight excluding hydrogens is 275 g/mol. The van der Waals surface area contributed by atoms with Crippen molar-refractivity contribution in [2.75, 3.05) is 39.6 Å². The van der Waals surface area contributed by atoms with Crippen molar-refractivity contribution in [2.45, 2.75) is 5.51 Å². The third kappa shape index (κ3) is 9.11. The molecule has 106 valence electrons. The van der Waals surface area contributed by atoms with E-state index < -0.39 is 17.4 Å². The maximum absolute atomic E-state index is 11.9. The van der Waals surface area contributed by atoms with Gasteiger partial charge in [-0.2, -0.15) is 13.2 Å². The zero-order valence-corrected chi connectivity index (χ0v) is 10.8. The number of alkyl halides is 3. The first-order valence-electron chi connectivity index (χ1n) is 4.85. The van der Waals surface area contributed by atoms with Crippen LogP contribution in [0.4, 0.5) is 13.2 Å². The predicted molar refractivity (Wildman–Crippen MR) is 59.0 cm³/mol. The van der Waals surface area contributed by atoms with Crippen molar-refractivity contribution in [1.82, 2.24) is 4.90 Å². The molecule has 0 spiro atoms. The second-order valence-corrected chi connectivity index (χ2v) is 4.32. The molecule has 0 bridgehead atoms. The van der Waals surface area contributed by atoms with E-state index in [1.165, 1.54) is 4.90 Å². The van der Waals surface area contributed by atoms with Crippen molar-refractivity contribution in [2.24, 2.45) is 0 Å². The van der Waals surface area contributed by atoms with E-state index in [1.54, 1.807) is 0 Å². The number of carbonyl (C=O) groups excluding carboxylic acids is 2. The zero-order valence-electron chi connectivity index (χ0n) is 9.95. The summed E-state index contributed by atoms with van der Waals surface area (Å²) in [6, 6.07) is 0. The van der Waals surface area contributed by atoms with Crippen LogP contribution in [0.15, 0.2) is 0 Å². The van der Waals surface area contributed by atoms with Gasteiger partial charge in [0, 0.05) is 12.3 Å². The fraction of sp³-hybridized carbons (Fsp3) is 0.778. The first-order valence-corrected chi connectivity index (χ1v) is 5.83. The van der Waals surface area contributed by atoms with Gasteiger partial charge >= 0.3 is 17.4 Å². The van der Waals surface area contributed by atoms with Gasteiger partial charge < -0.3 is 9.47 Å². The molecule has 0 saturated heterocycles. The van der Waals surface area contributed by atoms with Crippen molar-refractivity contribution in [3.8, 4) is 0 Å². The number of methoxy groups -OCH3 is 2. The van der Waals surface area contributed by atoms with E-state index >= 15 is 0 Å². The third-order valence-corrected chi connectivity index (χ3v) is 2.55. The molecule has 0 aliphatic heterocycles. The second-order valence-electron chi connectivity index (χ2n) is 3.16. The summed E-state index contributed by atoms with van der Waals surface area (Å²) in [5, 5.41) is 0. The lowest BCUT2D eigenvalue weighted by Gasteiger charge is -2.19. The van der Waals surface area contributed by atoms with E-state index in [0.29, 0.717) is 0 Å². The van der Waals surface area contributed by atoms with Crippen molar-refractivity contribution >= 4 is 23.7 Å². The number of esters is 2. The molecule has 0 unspecified atom stereocenters. The van der Waals surface area contributed by atoms with Crippen LogP contribution in [0.2, 0.25) is 0 Å². The minimum absolute atomic E-state index is 0.0750. The molecule has 0 aromatic rings. The highest BCUT2D eigenvalue weighted by atomic mass is 32.2. The number of rotatable bonds is 7. The van der Waals surface area contributed by atoms with Gasteiger partial charge in [-0.05, 0) is 11.8 Å². The lowest BCUT2D eigenvalue weighted by molar-refractivity contribution is -0.145. The summed E-state index contributed by atoms with van der Waals surface area (Å²) in [5.74, 6) is -1.54. The number of carbonyl (C=O) groups is 2. The van der Waals surface area contributed by atoms with Gasteiger partial charge in [0.15, 0.2) is 0 Å².